The van der Waals surface area contributed by atoms with Crippen molar-refractivity contribution in [3.8, 4) is 0 Å². The van der Waals surface area contributed by atoms with Crippen LogP contribution in [0.1, 0.15) is 24.8 Å². The van der Waals surface area contributed by atoms with E-state index in [0.717, 1.165) is 19.5 Å². The predicted molar refractivity (Wildman–Crippen MR) is 74.0 cm³/mol. The van der Waals surface area contributed by atoms with Crippen LogP contribution in [-0.2, 0) is 9.53 Å². The maximum Gasteiger partial charge on any atom is 0.309 e. The Balaban J connectivity index is 0.00000162. The van der Waals surface area contributed by atoms with Gasteiger partial charge in [-0.15, -0.1) is 12.4 Å². The minimum absolute atomic E-state index is 0. The van der Waals surface area contributed by atoms with Gasteiger partial charge in [-0.3, -0.25) is 4.79 Å². The van der Waals surface area contributed by atoms with Crippen LogP contribution in [0.15, 0.2) is 30.3 Å². The second-order valence-corrected chi connectivity index (χ2v) is 4.37. The first-order valence-corrected chi connectivity index (χ1v) is 6.25. The molecule has 18 heavy (non-hydrogen) atoms. The molecule has 1 heterocycles. The van der Waals surface area contributed by atoms with Gasteiger partial charge in [0.05, 0.1) is 12.5 Å². The Bertz CT molecular complexity index is 369. The average Bonchev–Trinajstić information content (AvgIpc) is 2.40. The van der Waals surface area contributed by atoms with E-state index in [2.05, 4.69) is 17.4 Å². The molecule has 1 aromatic carbocycles. The van der Waals surface area contributed by atoms with Crippen LogP contribution in [0.4, 0.5) is 0 Å². The molecule has 0 radical (unpaired) electrons. The lowest BCUT2D eigenvalue weighted by Crippen LogP contribution is -2.39. The first-order chi connectivity index (χ1) is 8.33. The highest BCUT2D eigenvalue weighted by Crippen LogP contribution is 2.30. The predicted octanol–water partition coefficient (Wildman–Crippen LogP) is 2.36. The molecule has 0 aromatic heterocycles. The molecular weight excluding hydrogens is 250 g/mol. The lowest BCUT2D eigenvalue weighted by molar-refractivity contribution is -0.149. The summed E-state index contributed by atoms with van der Waals surface area (Å²) in [6.45, 7) is 4.07. The van der Waals surface area contributed by atoms with Crippen molar-refractivity contribution in [1.82, 2.24) is 5.32 Å². The monoisotopic (exact) mass is 269 g/mol. The average molecular weight is 270 g/mol. The van der Waals surface area contributed by atoms with Gasteiger partial charge in [0.25, 0.3) is 0 Å². The van der Waals surface area contributed by atoms with Gasteiger partial charge in [-0.2, -0.15) is 0 Å². The van der Waals surface area contributed by atoms with E-state index in [9.17, 15) is 4.79 Å². The molecule has 100 valence electrons. The molecule has 0 amide bonds. The molecule has 1 saturated heterocycles. The van der Waals surface area contributed by atoms with Crippen molar-refractivity contribution >= 4 is 18.4 Å². The molecule has 4 heteroatoms. The Morgan fingerprint density at radius 1 is 1.39 bits per heavy atom. The smallest absolute Gasteiger partial charge is 0.309 e. The zero-order valence-corrected chi connectivity index (χ0v) is 11.4. The molecule has 2 atom stereocenters. The van der Waals surface area contributed by atoms with Crippen LogP contribution in [0.3, 0.4) is 0 Å². The van der Waals surface area contributed by atoms with Gasteiger partial charge in [-0.1, -0.05) is 30.3 Å². The fourth-order valence-corrected chi connectivity index (χ4v) is 2.44. The number of piperidine rings is 1. The van der Waals surface area contributed by atoms with Gasteiger partial charge in [0.1, 0.15) is 0 Å². The van der Waals surface area contributed by atoms with Crippen LogP contribution in [0.25, 0.3) is 0 Å². The number of carbonyl (C=O) groups excluding carboxylic acids is 1. The molecular formula is C14H20ClNO2. The van der Waals surface area contributed by atoms with E-state index in [1.165, 1.54) is 5.56 Å². The molecule has 3 nitrogen and oxygen atoms in total. The molecule has 0 saturated carbocycles. The summed E-state index contributed by atoms with van der Waals surface area (Å²) in [5.41, 5.74) is 1.22. The normalized spacial score (nSPS) is 22.9. The van der Waals surface area contributed by atoms with Crippen LogP contribution in [0.2, 0.25) is 0 Å². The molecule has 1 fully saturated rings. The molecule has 0 spiro atoms. The Hall–Kier alpha value is -1.06. The number of ether oxygens (including phenoxy) is 1. The number of rotatable bonds is 3. The zero-order valence-electron chi connectivity index (χ0n) is 10.6. The maximum atomic E-state index is 11.9. The van der Waals surface area contributed by atoms with Crippen LogP contribution in [0.5, 0.6) is 0 Å². The first kappa shape index (κ1) is 15.0. The van der Waals surface area contributed by atoms with Gasteiger partial charge in [-0.25, -0.2) is 0 Å². The molecule has 2 rings (SSSR count). The summed E-state index contributed by atoms with van der Waals surface area (Å²) in [7, 11) is 0. The number of halogens is 1. The molecule has 1 aromatic rings. The fourth-order valence-electron chi connectivity index (χ4n) is 2.44. The van der Waals surface area contributed by atoms with Crippen molar-refractivity contribution in [1.29, 1.82) is 0 Å². The Kier molecular flexibility index (Phi) is 6.16. The van der Waals surface area contributed by atoms with Crippen LogP contribution < -0.4 is 5.32 Å². The van der Waals surface area contributed by atoms with Crippen molar-refractivity contribution < 1.29 is 9.53 Å². The highest BCUT2D eigenvalue weighted by Gasteiger charge is 2.32. The number of carbonyl (C=O) groups is 1. The summed E-state index contributed by atoms with van der Waals surface area (Å²) >= 11 is 0. The second kappa shape index (κ2) is 7.39. The van der Waals surface area contributed by atoms with Crippen molar-refractivity contribution in [3.63, 3.8) is 0 Å². The number of esters is 1. The van der Waals surface area contributed by atoms with Gasteiger partial charge in [-0.05, 0) is 25.5 Å². The number of nitrogens with one attached hydrogen (secondary N) is 1. The summed E-state index contributed by atoms with van der Waals surface area (Å²) in [5, 5.41) is 3.35. The third-order valence-electron chi connectivity index (χ3n) is 3.30. The second-order valence-electron chi connectivity index (χ2n) is 4.37. The summed E-state index contributed by atoms with van der Waals surface area (Å²) in [6, 6.07) is 10.2. The third-order valence-corrected chi connectivity index (χ3v) is 3.30. The van der Waals surface area contributed by atoms with Gasteiger partial charge in [0, 0.05) is 12.5 Å². The van der Waals surface area contributed by atoms with Crippen LogP contribution >= 0.6 is 12.4 Å². The van der Waals surface area contributed by atoms with Crippen molar-refractivity contribution in [2.75, 3.05) is 19.7 Å². The molecule has 0 aliphatic carbocycles. The minimum Gasteiger partial charge on any atom is -0.466 e. The first-order valence-electron chi connectivity index (χ1n) is 6.25. The highest BCUT2D eigenvalue weighted by molar-refractivity contribution is 5.85. The largest absolute Gasteiger partial charge is 0.466 e. The third kappa shape index (κ3) is 3.47. The number of hydrogen-bond donors (Lipinski definition) is 1. The summed E-state index contributed by atoms with van der Waals surface area (Å²) in [4.78, 5) is 11.9. The highest BCUT2D eigenvalue weighted by atomic mass is 35.5. The minimum atomic E-state index is -0.0529. The Morgan fingerprint density at radius 2 is 2.11 bits per heavy atom. The number of benzene rings is 1. The SMILES string of the molecule is CCOC(=O)[C@H]1CCNC[C@H]1c1ccccc1.Cl. The van der Waals surface area contributed by atoms with E-state index in [1.54, 1.807) is 0 Å². The summed E-state index contributed by atoms with van der Waals surface area (Å²) in [6.07, 6.45) is 0.860. The Morgan fingerprint density at radius 3 is 2.78 bits per heavy atom. The van der Waals surface area contributed by atoms with E-state index in [0.29, 0.717) is 6.61 Å². The van der Waals surface area contributed by atoms with Crippen LogP contribution in [0, 0.1) is 5.92 Å². The molecule has 1 aliphatic heterocycles. The Labute approximate surface area is 114 Å². The summed E-state index contributed by atoms with van der Waals surface area (Å²) < 4.78 is 5.17. The lowest BCUT2D eigenvalue weighted by atomic mass is 9.81. The van der Waals surface area contributed by atoms with E-state index < -0.39 is 0 Å². The van der Waals surface area contributed by atoms with E-state index in [4.69, 9.17) is 4.74 Å². The van der Waals surface area contributed by atoms with Crippen molar-refractivity contribution in [2.24, 2.45) is 5.92 Å². The van der Waals surface area contributed by atoms with Gasteiger partial charge >= 0.3 is 5.97 Å². The van der Waals surface area contributed by atoms with Gasteiger partial charge in [0.15, 0.2) is 0 Å². The van der Waals surface area contributed by atoms with Crippen molar-refractivity contribution in [3.05, 3.63) is 35.9 Å². The van der Waals surface area contributed by atoms with Crippen molar-refractivity contribution in [2.45, 2.75) is 19.3 Å². The fraction of sp³-hybridized carbons (Fsp3) is 0.500. The number of hydrogen-bond acceptors (Lipinski definition) is 3. The standard InChI is InChI=1S/C14H19NO2.ClH/c1-2-17-14(16)12-8-9-15-10-13(12)11-6-4-3-5-7-11;/h3-7,12-13,15H,2,8-10H2,1H3;1H/t12-,13-;/m0./s1. The van der Waals surface area contributed by atoms with Crippen LogP contribution in [-0.4, -0.2) is 25.7 Å². The summed E-state index contributed by atoms with van der Waals surface area (Å²) in [5.74, 6) is 0.186. The van der Waals surface area contributed by atoms with Gasteiger partial charge in [0.2, 0.25) is 0 Å². The lowest BCUT2D eigenvalue weighted by Gasteiger charge is -2.30. The molecule has 0 unspecified atom stereocenters. The molecule has 0 bridgehead atoms. The van der Waals surface area contributed by atoms with E-state index in [-0.39, 0.29) is 30.2 Å². The van der Waals surface area contributed by atoms with Gasteiger partial charge < -0.3 is 10.1 Å². The van der Waals surface area contributed by atoms with E-state index >= 15 is 0 Å². The zero-order chi connectivity index (χ0) is 12.1. The van der Waals surface area contributed by atoms with E-state index in [1.807, 2.05) is 25.1 Å². The maximum absolute atomic E-state index is 11.9. The quantitative estimate of drug-likeness (QED) is 0.856. The molecule has 1 aliphatic rings. The molecule has 1 N–H and O–H groups in total. The topological polar surface area (TPSA) is 38.3 Å².